The Morgan fingerprint density at radius 2 is 1.17 bits per heavy atom. The van der Waals surface area contributed by atoms with E-state index in [0.29, 0.717) is 9.92 Å². The molecule has 188 valence electrons. The van der Waals surface area contributed by atoms with Crippen LogP contribution in [0.25, 0.3) is 10.8 Å². The Balaban J connectivity index is 1.68. The molecule has 14 heteroatoms. The molecular formula is C22H16Cl2N2O6S4. The summed E-state index contributed by atoms with van der Waals surface area (Å²) in [4.78, 5) is -0.123. The monoisotopic (exact) mass is 602 g/mol. The average molecular weight is 604 g/mol. The van der Waals surface area contributed by atoms with E-state index < -0.39 is 42.0 Å². The third-order valence-electron chi connectivity index (χ3n) is 4.85. The van der Waals surface area contributed by atoms with E-state index in [1.54, 1.807) is 16.3 Å². The van der Waals surface area contributed by atoms with Gasteiger partial charge in [-0.05, 0) is 60.7 Å². The molecule has 0 amide bonds. The van der Waals surface area contributed by atoms with Gasteiger partial charge in [-0.3, -0.25) is 0 Å². The van der Waals surface area contributed by atoms with Crippen LogP contribution in [-0.2, 0) is 42.0 Å². The highest BCUT2D eigenvalue weighted by Gasteiger charge is 2.27. The molecule has 4 rings (SSSR count). The Labute approximate surface area is 222 Å². The molecule has 4 aromatic rings. The lowest BCUT2D eigenvalue weighted by atomic mass is 10.1. The lowest BCUT2D eigenvalue weighted by molar-refractivity contribution is 0.577. The fraction of sp³-hybridized carbons (Fsp3) is 0. The van der Waals surface area contributed by atoms with Crippen LogP contribution in [0.5, 0.6) is 0 Å². The Morgan fingerprint density at radius 1 is 0.611 bits per heavy atom. The first kappa shape index (κ1) is 26.9. The second-order valence-corrected chi connectivity index (χ2v) is 14.3. The van der Waals surface area contributed by atoms with Crippen molar-refractivity contribution < 1.29 is 25.3 Å². The van der Waals surface area contributed by atoms with E-state index in [0.717, 1.165) is 0 Å². The van der Waals surface area contributed by atoms with Gasteiger partial charge in [-0.2, -0.15) is 0 Å². The SMILES string of the molecule is O=S(NS(=O)c1cccc2c(S(=O)(=O)NS(=O)(=O)c3ccc(Cl)cc3)cccc12)c1ccc(Cl)cc1. The van der Waals surface area contributed by atoms with Crippen molar-refractivity contribution in [2.45, 2.75) is 19.6 Å². The molecule has 2 N–H and O–H groups in total. The minimum Gasteiger partial charge on any atom is -0.237 e. The molecule has 0 fully saturated rings. The number of nitrogens with one attached hydrogen (secondary N) is 2. The van der Waals surface area contributed by atoms with Crippen LogP contribution >= 0.6 is 23.2 Å². The topological polar surface area (TPSA) is 126 Å². The summed E-state index contributed by atoms with van der Waals surface area (Å²) in [5, 5.41) is 1.13. The van der Waals surface area contributed by atoms with Gasteiger partial charge in [-0.1, -0.05) is 47.5 Å². The van der Waals surface area contributed by atoms with Crippen LogP contribution in [0, 0.1) is 0 Å². The summed E-state index contributed by atoms with van der Waals surface area (Å²) < 4.78 is 81.4. The predicted octanol–water partition coefficient (Wildman–Crippen LogP) is 4.15. The highest BCUT2D eigenvalue weighted by atomic mass is 35.5. The summed E-state index contributed by atoms with van der Waals surface area (Å²) in [5.74, 6) is 0. The molecule has 0 saturated carbocycles. The van der Waals surface area contributed by atoms with Gasteiger partial charge in [-0.15, -0.1) is 8.25 Å². The minimum atomic E-state index is -4.58. The van der Waals surface area contributed by atoms with Crippen LogP contribution in [0.2, 0.25) is 10.0 Å². The first-order chi connectivity index (χ1) is 17.0. The molecule has 0 aliphatic rings. The Hall–Kier alpha value is -2.16. The van der Waals surface area contributed by atoms with Crippen molar-refractivity contribution in [2.75, 3.05) is 0 Å². The maximum Gasteiger partial charge on any atom is 0.254 e. The average Bonchev–Trinajstić information content (AvgIpc) is 2.83. The van der Waals surface area contributed by atoms with Crippen molar-refractivity contribution in [3.8, 4) is 0 Å². The summed E-state index contributed by atoms with van der Waals surface area (Å²) >= 11 is 11.6. The Bertz CT molecular complexity index is 1710. The molecule has 36 heavy (non-hydrogen) atoms. The number of sulfonamides is 2. The van der Waals surface area contributed by atoms with E-state index in [1.165, 1.54) is 72.8 Å². The van der Waals surface area contributed by atoms with Crippen LogP contribution in [-0.4, -0.2) is 25.3 Å². The summed E-state index contributed by atoms with van der Waals surface area (Å²) in [6, 6.07) is 19.7. The van der Waals surface area contributed by atoms with Crippen molar-refractivity contribution in [3.63, 3.8) is 0 Å². The number of hydrogen-bond donors (Lipinski definition) is 2. The highest BCUT2D eigenvalue weighted by Crippen LogP contribution is 2.28. The molecular weight excluding hydrogens is 587 g/mol. The molecule has 0 spiro atoms. The normalized spacial score (nSPS) is 13.9. The quantitative estimate of drug-likeness (QED) is 0.312. The fourth-order valence-electron chi connectivity index (χ4n) is 3.22. The maximum atomic E-state index is 13.1. The number of hydrogen-bond acceptors (Lipinski definition) is 6. The summed E-state index contributed by atoms with van der Waals surface area (Å²) in [7, 11) is -12.9. The maximum absolute atomic E-state index is 13.1. The minimum absolute atomic E-state index is 0.126. The standard InChI is InChI=1S/C22H16Cl2N2O6S4/c23-15-7-11-17(12-8-15)33(27)25-34(28)21-5-1-4-20-19(21)3-2-6-22(20)36(31,32)26-35(29,30)18-13-9-16(24)10-14-18/h1-14,25-26H. The zero-order valence-corrected chi connectivity index (χ0v) is 22.7. The van der Waals surface area contributed by atoms with E-state index >= 15 is 0 Å². The fourth-order valence-corrected chi connectivity index (χ4v) is 8.85. The molecule has 2 unspecified atom stereocenters. The zero-order chi connectivity index (χ0) is 26.1. The smallest absolute Gasteiger partial charge is 0.237 e. The van der Waals surface area contributed by atoms with Crippen molar-refractivity contribution >= 4 is 76.0 Å². The third-order valence-corrected chi connectivity index (χ3v) is 11.6. The largest absolute Gasteiger partial charge is 0.254 e. The molecule has 2 atom stereocenters. The van der Waals surface area contributed by atoms with Crippen molar-refractivity contribution in [2.24, 2.45) is 0 Å². The van der Waals surface area contributed by atoms with Crippen LogP contribution in [0.3, 0.4) is 0 Å². The predicted molar refractivity (Wildman–Crippen MR) is 140 cm³/mol. The van der Waals surface area contributed by atoms with Gasteiger partial charge in [0.05, 0.1) is 19.6 Å². The van der Waals surface area contributed by atoms with E-state index in [-0.39, 0.29) is 30.5 Å². The molecule has 8 nitrogen and oxygen atoms in total. The van der Waals surface area contributed by atoms with Crippen LogP contribution in [0.4, 0.5) is 0 Å². The van der Waals surface area contributed by atoms with Gasteiger partial charge in [0.1, 0.15) is 22.0 Å². The highest BCUT2D eigenvalue weighted by molar-refractivity contribution is 8.04. The van der Waals surface area contributed by atoms with Crippen LogP contribution in [0.15, 0.2) is 105 Å². The molecule has 0 aliphatic carbocycles. The summed E-state index contributed by atoms with van der Waals surface area (Å²) in [6.45, 7) is 0. The van der Waals surface area contributed by atoms with Crippen LogP contribution in [0.1, 0.15) is 0 Å². The van der Waals surface area contributed by atoms with Gasteiger partial charge in [0.25, 0.3) is 20.0 Å². The van der Waals surface area contributed by atoms with Gasteiger partial charge < -0.3 is 0 Å². The van der Waals surface area contributed by atoms with Gasteiger partial charge in [0, 0.05) is 20.8 Å². The molecule has 0 aromatic heterocycles. The molecule has 0 radical (unpaired) electrons. The third kappa shape index (κ3) is 5.87. The summed E-state index contributed by atoms with van der Waals surface area (Å²) in [6.07, 6.45) is 0. The van der Waals surface area contributed by atoms with Gasteiger partial charge >= 0.3 is 0 Å². The first-order valence-corrected chi connectivity index (χ1v) is 15.9. The second kappa shape index (κ2) is 10.7. The number of fused-ring (bicyclic) bond motifs is 1. The van der Waals surface area contributed by atoms with Gasteiger partial charge in [-0.25, -0.2) is 25.3 Å². The van der Waals surface area contributed by atoms with Crippen molar-refractivity contribution in [1.29, 1.82) is 0 Å². The molecule has 0 saturated heterocycles. The van der Waals surface area contributed by atoms with Crippen molar-refractivity contribution in [3.05, 3.63) is 95.0 Å². The molecule has 0 heterocycles. The lowest BCUT2D eigenvalue weighted by Crippen LogP contribution is -2.30. The Kier molecular flexibility index (Phi) is 7.98. The molecule has 0 aliphatic heterocycles. The second-order valence-electron chi connectivity index (χ2n) is 7.23. The number of halogens is 2. The van der Waals surface area contributed by atoms with E-state index in [4.69, 9.17) is 23.2 Å². The van der Waals surface area contributed by atoms with Crippen LogP contribution < -0.4 is 8.25 Å². The number of rotatable bonds is 8. The van der Waals surface area contributed by atoms with E-state index in [2.05, 4.69) is 4.13 Å². The van der Waals surface area contributed by atoms with E-state index in [9.17, 15) is 25.3 Å². The van der Waals surface area contributed by atoms with E-state index in [1.807, 2.05) is 0 Å². The van der Waals surface area contributed by atoms with Gasteiger partial charge in [0.15, 0.2) is 0 Å². The Morgan fingerprint density at radius 3 is 1.81 bits per heavy atom. The number of benzene rings is 4. The lowest BCUT2D eigenvalue weighted by Gasteiger charge is -2.12. The van der Waals surface area contributed by atoms with Crippen molar-refractivity contribution in [1.82, 2.24) is 8.25 Å². The molecule has 0 bridgehead atoms. The zero-order valence-electron chi connectivity index (χ0n) is 17.9. The first-order valence-electron chi connectivity index (χ1n) is 9.89. The van der Waals surface area contributed by atoms with Gasteiger partial charge in [0.2, 0.25) is 0 Å². The summed E-state index contributed by atoms with van der Waals surface area (Å²) in [5.41, 5.74) is 0. The molecule has 4 aromatic carbocycles.